The molecule has 2 amide bonds. The third-order valence-corrected chi connectivity index (χ3v) is 7.29. The Morgan fingerprint density at radius 1 is 1.09 bits per heavy atom. The van der Waals surface area contributed by atoms with Crippen LogP contribution in [0.25, 0.3) is 11.0 Å². The fraction of sp³-hybridized carbons (Fsp3) is 0.423. The van der Waals surface area contributed by atoms with Gasteiger partial charge in [-0.3, -0.25) is 9.59 Å². The molecule has 2 aliphatic rings. The Morgan fingerprint density at radius 2 is 1.91 bits per heavy atom. The second-order valence-corrected chi connectivity index (χ2v) is 9.29. The van der Waals surface area contributed by atoms with E-state index in [1.807, 2.05) is 36.2 Å². The van der Waals surface area contributed by atoms with Gasteiger partial charge in [0.1, 0.15) is 11.6 Å². The molecule has 2 aliphatic heterocycles. The summed E-state index contributed by atoms with van der Waals surface area (Å²) in [6.07, 6.45) is 2.71. The van der Waals surface area contributed by atoms with Crippen LogP contribution in [0.15, 0.2) is 48.5 Å². The predicted octanol–water partition coefficient (Wildman–Crippen LogP) is 4.03. The van der Waals surface area contributed by atoms with Crippen LogP contribution in [0.1, 0.15) is 49.0 Å². The summed E-state index contributed by atoms with van der Waals surface area (Å²) >= 11 is 0. The van der Waals surface area contributed by atoms with Gasteiger partial charge in [-0.2, -0.15) is 0 Å². The third-order valence-electron chi connectivity index (χ3n) is 7.29. The number of carbonyl (C=O) groups excluding carboxylic acids is 2. The second kappa shape index (κ2) is 8.61. The van der Waals surface area contributed by atoms with E-state index in [-0.39, 0.29) is 29.5 Å². The number of nitrogens with zero attached hydrogens (tertiary/aromatic N) is 4. The Kier molecular flexibility index (Phi) is 5.64. The number of imidazole rings is 1. The largest absolute Gasteiger partial charge is 0.342 e. The first-order chi connectivity index (χ1) is 15.9. The van der Waals surface area contributed by atoms with Crippen LogP contribution in [-0.2, 0) is 16.6 Å². The van der Waals surface area contributed by atoms with E-state index in [9.17, 15) is 14.0 Å². The average Bonchev–Trinajstić information content (AvgIpc) is 3.17. The Labute approximate surface area is 193 Å². The summed E-state index contributed by atoms with van der Waals surface area (Å²) in [5, 5.41) is 0. The molecular formula is C26H29FN4O2. The molecule has 3 atom stereocenters. The van der Waals surface area contributed by atoms with E-state index in [0.717, 1.165) is 29.7 Å². The van der Waals surface area contributed by atoms with E-state index in [0.29, 0.717) is 31.5 Å². The minimum atomic E-state index is -0.453. The van der Waals surface area contributed by atoms with Gasteiger partial charge in [-0.1, -0.05) is 24.3 Å². The van der Waals surface area contributed by atoms with Gasteiger partial charge in [0, 0.05) is 39.5 Å². The van der Waals surface area contributed by atoms with Crippen LogP contribution in [0.5, 0.6) is 0 Å². The number of benzene rings is 2. The number of hydrogen-bond donors (Lipinski definition) is 0. The van der Waals surface area contributed by atoms with Crippen LogP contribution in [0.4, 0.5) is 4.39 Å². The lowest BCUT2D eigenvalue weighted by Gasteiger charge is -2.42. The molecule has 2 fully saturated rings. The van der Waals surface area contributed by atoms with Crippen molar-refractivity contribution < 1.29 is 14.0 Å². The summed E-state index contributed by atoms with van der Waals surface area (Å²) in [6.45, 7) is 1.31. The molecule has 5 rings (SSSR count). The van der Waals surface area contributed by atoms with Crippen LogP contribution in [-0.4, -0.2) is 51.3 Å². The lowest BCUT2D eigenvalue weighted by molar-refractivity contribution is -0.147. The Balaban J connectivity index is 1.41. The number of aryl methyl sites for hydroxylation is 1. The van der Waals surface area contributed by atoms with Crippen molar-refractivity contribution >= 4 is 22.8 Å². The van der Waals surface area contributed by atoms with E-state index >= 15 is 0 Å². The summed E-state index contributed by atoms with van der Waals surface area (Å²) in [6, 6.07) is 13.9. The maximum absolute atomic E-state index is 14.0. The second-order valence-electron chi connectivity index (χ2n) is 9.29. The molecule has 1 aromatic heterocycles. The molecule has 7 heteroatoms. The van der Waals surface area contributed by atoms with Gasteiger partial charge in [0.25, 0.3) is 0 Å². The number of aromatic nitrogens is 2. The molecule has 0 aliphatic carbocycles. The van der Waals surface area contributed by atoms with Crippen LogP contribution < -0.4 is 0 Å². The minimum Gasteiger partial charge on any atom is -0.342 e. The summed E-state index contributed by atoms with van der Waals surface area (Å²) < 4.78 is 16.1. The quantitative estimate of drug-likeness (QED) is 0.608. The highest BCUT2D eigenvalue weighted by Crippen LogP contribution is 2.38. The molecule has 0 bridgehead atoms. The summed E-state index contributed by atoms with van der Waals surface area (Å²) in [5.41, 5.74) is 2.74. The van der Waals surface area contributed by atoms with Crippen molar-refractivity contribution in [3.8, 4) is 0 Å². The van der Waals surface area contributed by atoms with E-state index in [4.69, 9.17) is 4.98 Å². The first-order valence-electron chi connectivity index (χ1n) is 11.7. The lowest BCUT2D eigenvalue weighted by Crippen LogP contribution is -2.49. The van der Waals surface area contributed by atoms with Crippen LogP contribution >= 0.6 is 0 Å². The minimum absolute atomic E-state index is 0.00969. The first kappa shape index (κ1) is 21.6. The van der Waals surface area contributed by atoms with Gasteiger partial charge in [-0.25, -0.2) is 9.37 Å². The number of piperidine rings is 2. The van der Waals surface area contributed by atoms with Crippen molar-refractivity contribution in [3.05, 3.63) is 65.7 Å². The van der Waals surface area contributed by atoms with Crippen molar-refractivity contribution in [1.82, 2.24) is 19.4 Å². The van der Waals surface area contributed by atoms with Gasteiger partial charge < -0.3 is 14.4 Å². The molecule has 0 saturated carbocycles. The number of carbonyl (C=O) groups is 2. The predicted molar refractivity (Wildman–Crippen MR) is 124 cm³/mol. The zero-order valence-electron chi connectivity index (χ0n) is 19.1. The number of halogens is 1. The fourth-order valence-electron chi connectivity index (χ4n) is 5.60. The number of amides is 2. The fourth-order valence-corrected chi connectivity index (χ4v) is 5.60. The van der Waals surface area contributed by atoms with Crippen LogP contribution in [0, 0.1) is 11.7 Å². The van der Waals surface area contributed by atoms with E-state index < -0.39 is 6.04 Å². The average molecular weight is 449 g/mol. The van der Waals surface area contributed by atoms with Gasteiger partial charge >= 0.3 is 0 Å². The van der Waals surface area contributed by atoms with Gasteiger partial charge in [0.2, 0.25) is 11.8 Å². The van der Waals surface area contributed by atoms with Crippen molar-refractivity contribution in [2.75, 3.05) is 20.1 Å². The maximum atomic E-state index is 14.0. The molecule has 3 aromatic rings. The maximum Gasteiger partial charge on any atom is 0.228 e. The monoisotopic (exact) mass is 448 g/mol. The van der Waals surface area contributed by atoms with E-state index in [1.165, 1.54) is 12.1 Å². The molecule has 2 aromatic carbocycles. The van der Waals surface area contributed by atoms with Crippen LogP contribution in [0.2, 0.25) is 0 Å². The number of rotatable bonds is 3. The first-order valence-corrected chi connectivity index (χ1v) is 11.7. The standard InChI is InChI=1S/C26H29FN4O2/c1-29-22-11-4-3-10-21(22)28-25(29)18-8-6-14-31(16-18)26(33)20-12-13-23(32)30(2)24(20)17-7-5-9-19(27)15-17/h3-5,7,9-11,15,18,20,24H,6,8,12-14,16H2,1-2H3. The van der Waals surface area contributed by atoms with E-state index in [2.05, 4.69) is 10.6 Å². The summed E-state index contributed by atoms with van der Waals surface area (Å²) in [4.78, 5) is 34.7. The summed E-state index contributed by atoms with van der Waals surface area (Å²) in [7, 11) is 3.75. The number of hydrogen-bond acceptors (Lipinski definition) is 3. The highest BCUT2D eigenvalue weighted by Gasteiger charge is 2.42. The lowest BCUT2D eigenvalue weighted by atomic mass is 9.83. The van der Waals surface area contributed by atoms with Crippen molar-refractivity contribution in [2.45, 2.75) is 37.6 Å². The highest BCUT2D eigenvalue weighted by atomic mass is 19.1. The van der Waals surface area contributed by atoms with Crippen molar-refractivity contribution in [1.29, 1.82) is 0 Å². The normalized spacial score (nSPS) is 23.8. The topological polar surface area (TPSA) is 58.4 Å². The van der Waals surface area contributed by atoms with Gasteiger partial charge in [-0.15, -0.1) is 0 Å². The third kappa shape index (κ3) is 3.90. The molecule has 0 N–H and O–H groups in total. The molecule has 3 heterocycles. The Bertz CT molecular complexity index is 1210. The smallest absolute Gasteiger partial charge is 0.228 e. The molecule has 0 spiro atoms. The van der Waals surface area contributed by atoms with E-state index in [1.54, 1.807) is 18.0 Å². The SMILES string of the molecule is CN1C(=O)CCC(C(=O)N2CCCC(c3nc4ccccc4n3C)C2)C1c1cccc(F)c1. The van der Waals surface area contributed by atoms with Crippen molar-refractivity contribution in [3.63, 3.8) is 0 Å². The molecule has 6 nitrogen and oxygen atoms in total. The molecule has 2 saturated heterocycles. The Morgan fingerprint density at radius 3 is 2.70 bits per heavy atom. The molecule has 33 heavy (non-hydrogen) atoms. The number of fused-ring (bicyclic) bond motifs is 1. The summed E-state index contributed by atoms with van der Waals surface area (Å²) in [5.74, 6) is 0.470. The highest BCUT2D eigenvalue weighted by molar-refractivity contribution is 5.85. The van der Waals surface area contributed by atoms with Crippen LogP contribution in [0.3, 0.4) is 0 Å². The molecular weight excluding hydrogens is 419 g/mol. The number of likely N-dealkylation sites (tertiary alicyclic amines) is 2. The van der Waals surface area contributed by atoms with Gasteiger partial charge in [-0.05, 0) is 49.1 Å². The Hall–Kier alpha value is -3.22. The molecule has 172 valence electrons. The zero-order valence-corrected chi connectivity index (χ0v) is 19.1. The van der Waals surface area contributed by atoms with Gasteiger partial charge in [0.15, 0.2) is 0 Å². The van der Waals surface area contributed by atoms with Gasteiger partial charge in [0.05, 0.1) is 23.0 Å². The zero-order chi connectivity index (χ0) is 23.1. The number of para-hydroxylation sites is 2. The van der Waals surface area contributed by atoms with Crippen molar-refractivity contribution in [2.24, 2.45) is 13.0 Å². The molecule has 3 unspecified atom stereocenters. The molecule has 0 radical (unpaired) electrons.